The van der Waals surface area contributed by atoms with Gasteiger partial charge in [-0.15, -0.1) is 0 Å². The Labute approximate surface area is 189 Å². The van der Waals surface area contributed by atoms with Gasteiger partial charge in [0, 0.05) is 36.9 Å². The molecule has 32 heavy (non-hydrogen) atoms. The number of halogens is 1. The molecule has 0 radical (unpaired) electrons. The lowest BCUT2D eigenvalue weighted by atomic mass is 10.0. The van der Waals surface area contributed by atoms with Crippen LogP contribution in [0.2, 0.25) is 0 Å². The number of carbonyl (C=O) groups excluding carboxylic acids is 1. The highest BCUT2D eigenvalue weighted by molar-refractivity contribution is 7.91. The fourth-order valence-electron chi connectivity index (χ4n) is 4.73. The van der Waals surface area contributed by atoms with Crippen LogP contribution in [0.25, 0.3) is 11.1 Å². The summed E-state index contributed by atoms with van der Waals surface area (Å²) >= 11 is 0. The van der Waals surface area contributed by atoms with Crippen LogP contribution in [0.1, 0.15) is 49.9 Å². The molecule has 6 nitrogen and oxygen atoms in total. The Morgan fingerprint density at radius 3 is 2.50 bits per heavy atom. The first-order valence-electron chi connectivity index (χ1n) is 11.3. The van der Waals surface area contributed by atoms with Crippen molar-refractivity contribution in [1.29, 1.82) is 0 Å². The van der Waals surface area contributed by atoms with Gasteiger partial charge in [-0.05, 0) is 69.0 Å². The second-order valence-corrected chi connectivity index (χ2v) is 11.0. The minimum atomic E-state index is -3.39. The molecular formula is C24H30FN3O3S. The van der Waals surface area contributed by atoms with Gasteiger partial charge in [0.2, 0.25) is 0 Å². The Hall–Kier alpha value is -2.32. The average molecular weight is 460 g/mol. The van der Waals surface area contributed by atoms with Crippen LogP contribution in [0.4, 0.5) is 4.39 Å². The first kappa shape index (κ1) is 22.9. The van der Waals surface area contributed by atoms with E-state index in [4.69, 9.17) is 0 Å². The van der Waals surface area contributed by atoms with Crippen molar-refractivity contribution in [3.63, 3.8) is 0 Å². The Morgan fingerprint density at radius 2 is 1.88 bits per heavy atom. The lowest BCUT2D eigenvalue weighted by Gasteiger charge is -2.31. The summed E-state index contributed by atoms with van der Waals surface area (Å²) in [6.45, 7) is 6.36. The topological polar surface area (TPSA) is 70.6 Å². The number of carbonyl (C=O) groups is 1. The third-order valence-electron chi connectivity index (χ3n) is 6.74. The van der Waals surface area contributed by atoms with E-state index in [0.717, 1.165) is 25.9 Å². The van der Waals surface area contributed by atoms with Crippen molar-refractivity contribution in [2.24, 2.45) is 0 Å². The number of aromatic nitrogens is 1. The normalized spacial score (nSPS) is 21.9. The molecule has 2 aliphatic heterocycles. The number of likely N-dealkylation sites (tertiary alicyclic amines) is 2. The summed E-state index contributed by atoms with van der Waals surface area (Å²) in [4.78, 5) is 21.4. The number of nitrogens with zero attached hydrogens (tertiary/aromatic N) is 3. The van der Waals surface area contributed by atoms with E-state index in [-0.39, 0.29) is 28.3 Å². The lowest BCUT2D eigenvalue weighted by molar-refractivity contribution is 0.0692. The highest BCUT2D eigenvalue weighted by Gasteiger charge is 2.33. The summed E-state index contributed by atoms with van der Waals surface area (Å²) in [5, 5.41) is 0.00316. The SMILES string of the molecule is CCS(=O)(=O)c1ccc(-c2ccc(C(=O)N3CCCC3CN3CCC[C@@H]3C)c(F)c2)cn1. The molecule has 172 valence electrons. The van der Waals surface area contributed by atoms with E-state index in [2.05, 4.69) is 16.8 Å². The predicted octanol–water partition coefficient (Wildman–Crippen LogP) is 3.77. The Kier molecular flexibility index (Phi) is 6.62. The summed E-state index contributed by atoms with van der Waals surface area (Å²) < 4.78 is 38.9. The van der Waals surface area contributed by atoms with Crippen molar-refractivity contribution in [1.82, 2.24) is 14.8 Å². The maximum absolute atomic E-state index is 15.0. The van der Waals surface area contributed by atoms with E-state index in [9.17, 15) is 17.6 Å². The number of sulfone groups is 1. The van der Waals surface area contributed by atoms with E-state index in [1.165, 1.54) is 37.2 Å². The minimum Gasteiger partial charge on any atom is -0.334 e. The van der Waals surface area contributed by atoms with Crippen LogP contribution in [-0.2, 0) is 9.84 Å². The quantitative estimate of drug-likeness (QED) is 0.658. The zero-order valence-corrected chi connectivity index (χ0v) is 19.4. The standard InChI is InChI=1S/C24H30FN3O3S/c1-3-32(30,31)23-11-9-19(15-26-23)18-8-10-21(22(25)14-18)24(29)28-13-5-7-20(28)16-27-12-4-6-17(27)2/h8-11,14-15,17,20H,3-7,12-13,16H2,1-2H3/t17-,20?/m0/s1. The molecule has 2 fully saturated rings. The molecule has 0 saturated carbocycles. The first-order valence-corrected chi connectivity index (χ1v) is 13.0. The van der Waals surface area contributed by atoms with Crippen molar-refractivity contribution in [2.75, 3.05) is 25.4 Å². The van der Waals surface area contributed by atoms with Gasteiger partial charge in [-0.2, -0.15) is 0 Å². The average Bonchev–Trinajstić information content (AvgIpc) is 3.42. The Balaban J connectivity index is 1.51. The number of hydrogen-bond donors (Lipinski definition) is 0. The van der Waals surface area contributed by atoms with E-state index >= 15 is 0 Å². The molecule has 8 heteroatoms. The van der Waals surface area contributed by atoms with E-state index in [1.54, 1.807) is 19.1 Å². The third-order valence-corrected chi connectivity index (χ3v) is 8.38. The van der Waals surface area contributed by atoms with Gasteiger partial charge in [0.15, 0.2) is 14.9 Å². The smallest absolute Gasteiger partial charge is 0.257 e. The molecule has 2 aliphatic rings. The van der Waals surface area contributed by atoms with Crippen LogP contribution in [0.5, 0.6) is 0 Å². The first-order chi connectivity index (χ1) is 15.3. The van der Waals surface area contributed by atoms with Gasteiger partial charge in [0.1, 0.15) is 5.82 Å². The summed E-state index contributed by atoms with van der Waals surface area (Å²) in [6.07, 6.45) is 5.70. The van der Waals surface area contributed by atoms with Crippen LogP contribution < -0.4 is 0 Å². The second kappa shape index (κ2) is 9.27. The predicted molar refractivity (Wildman–Crippen MR) is 122 cm³/mol. The molecule has 2 atom stereocenters. The maximum atomic E-state index is 15.0. The highest BCUT2D eigenvalue weighted by Crippen LogP contribution is 2.27. The van der Waals surface area contributed by atoms with Crippen LogP contribution in [0.15, 0.2) is 41.6 Å². The summed E-state index contributed by atoms with van der Waals surface area (Å²) in [5.41, 5.74) is 1.23. The van der Waals surface area contributed by atoms with Gasteiger partial charge in [0.25, 0.3) is 5.91 Å². The summed E-state index contributed by atoms with van der Waals surface area (Å²) in [7, 11) is -3.39. The minimum absolute atomic E-state index is 0.00316. The fourth-order valence-corrected chi connectivity index (χ4v) is 5.52. The van der Waals surface area contributed by atoms with Gasteiger partial charge in [0.05, 0.1) is 11.3 Å². The Morgan fingerprint density at radius 1 is 1.12 bits per heavy atom. The zero-order chi connectivity index (χ0) is 22.9. The van der Waals surface area contributed by atoms with Crippen molar-refractivity contribution >= 4 is 15.7 Å². The van der Waals surface area contributed by atoms with Crippen molar-refractivity contribution in [3.8, 4) is 11.1 Å². The zero-order valence-electron chi connectivity index (χ0n) is 18.6. The van der Waals surface area contributed by atoms with Gasteiger partial charge in [-0.1, -0.05) is 13.0 Å². The molecule has 0 spiro atoms. The summed E-state index contributed by atoms with van der Waals surface area (Å²) in [6, 6.07) is 8.24. The van der Waals surface area contributed by atoms with Crippen LogP contribution in [0.3, 0.4) is 0 Å². The van der Waals surface area contributed by atoms with Gasteiger partial charge < -0.3 is 4.90 Å². The molecule has 3 heterocycles. The maximum Gasteiger partial charge on any atom is 0.257 e. The molecule has 0 bridgehead atoms. The number of hydrogen-bond acceptors (Lipinski definition) is 5. The largest absolute Gasteiger partial charge is 0.334 e. The molecule has 0 aliphatic carbocycles. The second-order valence-electron chi connectivity index (χ2n) is 8.76. The molecule has 1 amide bonds. The molecule has 1 aromatic heterocycles. The Bertz CT molecular complexity index is 1090. The molecule has 2 aromatic rings. The molecular weight excluding hydrogens is 429 g/mol. The van der Waals surface area contributed by atoms with Gasteiger partial charge >= 0.3 is 0 Å². The molecule has 0 N–H and O–H groups in total. The van der Waals surface area contributed by atoms with Crippen molar-refractivity contribution in [2.45, 2.75) is 56.6 Å². The van der Waals surface area contributed by atoms with Crippen molar-refractivity contribution in [3.05, 3.63) is 47.9 Å². The molecule has 4 rings (SSSR count). The number of pyridine rings is 1. The summed E-state index contributed by atoms with van der Waals surface area (Å²) in [5.74, 6) is -0.859. The highest BCUT2D eigenvalue weighted by atomic mass is 32.2. The van der Waals surface area contributed by atoms with Crippen LogP contribution >= 0.6 is 0 Å². The van der Waals surface area contributed by atoms with E-state index in [0.29, 0.717) is 23.7 Å². The molecule has 2 saturated heterocycles. The fraction of sp³-hybridized carbons (Fsp3) is 0.500. The lowest BCUT2D eigenvalue weighted by Crippen LogP contribution is -2.44. The van der Waals surface area contributed by atoms with E-state index in [1.807, 2.05) is 4.90 Å². The van der Waals surface area contributed by atoms with Gasteiger partial charge in [-0.3, -0.25) is 9.69 Å². The third kappa shape index (κ3) is 4.57. The number of amides is 1. The van der Waals surface area contributed by atoms with Crippen molar-refractivity contribution < 1.29 is 17.6 Å². The number of benzene rings is 1. The monoisotopic (exact) mass is 459 g/mol. The van der Waals surface area contributed by atoms with Crippen LogP contribution in [0, 0.1) is 5.82 Å². The van der Waals surface area contributed by atoms with Gasteiger partial charge in [-0.25, -0.2) is 17.8 Å². The number of rotatable bonds is 6. The van der Waals surface area contributed by atoms with E-state index < -0.39 is 15.7 Å². The molecule has 1 unspecified atom stereocenters. The van der Waals surface area contributed by atoms with Crippen LogP contribution in [-0.4, -0.2) is 66.6 Å². The molecule has 1 aromatic carbocycles.